The van der Waals surface area contributed by atoms with E-state index >= 15 is 0 Å². The van der Waals surface area contributed by atoms with Crippen LogP contribution in [0, 0.1) is 18.3 Å². The minimum Gasteiger partial charge on any atom is -0.345 e. The molecule has 0 N–H and O–H groups in total. The van der Waals surface area contributed by atoms with E-state index in [1.54, 1.807) is 17.2 Å². The Hall–Kier alpha value is -3.38. The number of pyridine rings is 1. The first-order valence-electron chi connectivity index (χ1n) is 10.7. The van der Waals surface area contributed by atoms with E-state index in [0.717, 1.165) is 36.1 Å². The Morgan fingerprint density at radius 3 is 2.70 bits per heavy atom. The fourth-order valence-corrected chi connectivity index (χ4v) is 4.47. The molecule has 3 aromatic rings. The summed E-state index contributed by atoms with van der Waals surface area (Å²) in [7, 11) is 3.99. The number of nitrogens with zero attached hydrogens (tertiary/aromatic N) is 6. The number of nitriles is 1. The van der Waals surface area contributed by atoms with Crippen LogP contribution in [0.25, 0.3) is 5.69 Å². The highest BCUT2D eigenvalue weighted by atomic mass is 19.4. The third-order valence-corrected chi connectivity index (χ3v) is 5.78. The van der Waals surface area contributed by atoms with Crippen LogP contribution in [0.2, 0.25) is 0 Å². The molecule has 0 spiro atoms. The second-order valence-corrected chi connectivity index (χ2v) is 8.49. The molecule has 3 heterocycles. The van der Waals surface area contributed by atoms with E-state index in [2.05, 4.69) is 20.9 Å². The van der Waals surface area contributed by atoms with Gasteiger partial charge in [0.15, 0.2) is 0 Å². The fraction of sp³-hybridized carbons (Fsp3) is 0.375. The molecule has 1 saturated heterocycles. The number of hydrogen-bond acceptors (Lipinski definition) is 5. The minimum absolute atomic E-state index is 0.0726. The van der Waals surface area contributed by atoms with Gasteiger partial charge in [0, 0.05) is 31.2 Å². The smallest absolute Gasteiger partial charge is 0.345 e. The van der Waals surface area contributed by atoms with Gasteiger partial charge in [-0.25, -0.2) is 9.97 Å². The second-order valence-electron chi connectivity index (χ2n) is 8.49. The van der Waals surface area contributed by atoms with Gasteiger partial charge in [0.05, 0.1) is 17.3 Å². The Morgan fingerprint density at radius 1 is 1.24 bits per heavy atom. The highest BCUT2D eigenvalue weighted by Crippen LogP contribution is 2.41. The lowest BCUT2D eigenvalue weighted by Gasteiger charge is -2.28. The molecule has 1 aromatic carbocycles. The van der Waals surface area contributed by atoms with E-state index in [1.807, 2.05) is 43.1 Å². The summed E-state index contributed by atoms with van der Waals surface area (Å²) in [4.78, 5) is 12.8. The molecule has 0 radical (unpaired) electrons. The zero-order chi connectivity index (χ0) is 23.8. The SMILES string of the molecule is Cc1cc(C(F)(F)F)c(C#N)c(N2CCCC2c2nccn2-c2ccccc2CN(C)C)n1. The van der Waals surface area contributed by atoms with Crippen LogP contribution in [0.15, 0.2) is 42.7 Å². The molecule has 0 aliphatic carbocycles. The molecule has 6 nitrogen and oxygen atoms in total. The lowest BCUT2D eigenvalue weighted by atomic mass is 10.1. The first-order chi connectivity index (χ1) is 15.7. The second kappa shape index (κ2) is 8.87. The number of halogens is 3. The normalized spacial score (nSPS) is 16.4. The van der Waals surface area contributed by atoms with Gasteiger partial charge in [0.25, 0.3) is 0 Å². The summed E-state index contributed by atoms with van der Waals surface area (Å²) in [6.07, 6.45) is 0.407. The largest absolute Gasteiger partial charge is 0.417 e. The molecule has 1 aliphatic rings. The molecule has 1 fully saturated rings. The summed E-state index contributed by atoms with van der Waals surface area (Å²) in [6.45, 7) is 2.75. The van der Waals surface area contributed by atoms with E-state index in [0.29, 0.717) is 13.0 Å². The molecule has 1 atom stereocenters. The molecule has 0 bridgehead atoms. The van der Waals surface area contributed by atoms with E-state index in [4.69, 9.17) is 0 Å². The molecular formula is C24H25F3N6. The molecule has 2 aromatic heterocycles. The van der Waals surface area contributed by atoms with Crippen molar-refractivity contribution >= 4 is 5.82 Å². The molecule has 0 saturated carbocycles. The average molecular weight is 455 g/mol. The summed E-state index contributed by atoms with van der Waals surface area (Å²) < 4.78 is 43.0. The molecule has 0 amide bonds. The highest BCUT2D eigenvalue weighted by molar-refractivity contribution is 5.61. The number of rotatable bonds is 5. The van der Waals surface area contributed by atoms with Gasteiger partial charge in [-0.3, -0.25) is 0 Å². The lowest BCUT2D eigenvalue weighted by Crippen LogP contribution is -2.28. The minimum atomic E-state index is -4.63. The maximum absolute atomic E-state index is 13.7. The third kappa shape index (κ3) is 4.44. The molecule has 172 valence electrons. The zero-order valence-electron chi connectivity index (χ0n) is 18.8. The highest BCUT2D eigenvalue weighted by Gasteiger charge is 2.39. The molecule has 33 heavy (non-hydrogen) atoms. The van der Waals surface area contributed by atoms with Crippen molar-refractivity contribution in [3.8, 4) is 11.8 Å². The van der Waals surface area contributed by atoms with Crippen molar-refractivity contribution in [2.24, 2.45) is 0 Å². The van der Waals surface area contributed by atoms with Gasteiger partial charge < -0.3 is 14.4 Å². The van der Waals surface area contributed by atoms with E-state index in [9.17, 15) is 18.4 Å². The fourth-order valence-electron chi connectivity index (χ4n) is 4.47. The standard InChI is InChI=1S/C24H25F3N6/c1-16-13-19(24(25,26)27)18(14-28)22(30-16)32-11-6-9-21(32)23-29-10-12-33(23)20-8-5-4-7-17(20)15-31(2)3/h4-5,7-8,10,12-13,21H,6,9,11,15H2,1-3H3. The van der Waals surface area contributed by atoms with Gasteiger partial charge in [-0.1, -0.05) is 18.2 Å². The van der Waals surface area contributed by atoms with Crippen LogP contribution >= 0.6 is 0 Å². The van der Waals surface area contributed by atoms with Gasteiger partial charge in [0.1, 0.15) is 23.3 Å². The Labute approximate surface area is 190 Å². The topological polar surface area (TPSA) is 61.0 Å². The number of aryl methyl sites for hydroxylation is 1. The van der Waals surface area contributed by atoms with Crippen LogP contribution in [0.5, 0.6) is 0 Å². The monoisotopic (exact) mass is 454 g/mol. The van der Waals surface area contributed by atoms with Crippen molar-refractivity contribution in [2.45, 2.75) is 38.5 Å². The number of alkyl halides is 3. The predicted molar refractivity (Wildman–Crippen MR) is 119 cm³/mol. The number of para-hydroxylation sites is 1. The first kappa shape index (κ1) is 22.8. The lowest BCUT2D eigenvalue weighted by molar-refractivity contribution is -0.137. The average Bonchev–Trinajstić information content (AvgIpc) is 3.41. The van der Waals surface area contributed by atoms with Crippen LogP contribution in [0.1, 0.15) is 47.1 Å². The third-order valence-electron chi connectivity index (χ3n) is 5.78. The molecule has 4 rings (SSSR count). The maximum atomic E-state index is 13.7. The molecular weight excluding hydrogens is 429 g/mol. The van der Waals surface area contributed by atoms with Crippen LogP contribution in [-0.4, -0.2) is 40.1 Å². The van der Waals surface area contributed by atoms with Gasteiger partial charge >= 0.3 is 6.18 Å². The van der Waals surface area contributed by atoms with E-state index < -0.39 is 17.3 Å². The van der Waals surface area contributed by atoms with Crippen LogP contribution in [0.4, 0.5) is 19.0 Å². The molecule has 1 unspecified atom stereocenters. The Balaban J connectivity index is 1.81. The number of benzene rings is 1. The van der Waals surface area contributed by atoms with Crippen molar-refractivity contribution in [2.75, 3.05) is 25.5 Å². The number of aromatic nitrogens is 3. The summed E-state index contributed by atoms with van der Waals surface area (Å²) in [6, 6.07) is 10.4. The Bertz CT molecular complexity index is 1190. The van der Waals surface area contributed by atoms with E-state index in [1.165, 1.54) is 6.92 Å². The van der Waals surface area contributed by atoms with Gasteiger partial charge in [0.2, 0.25) is 0 Å². The first-order valence-corrected chi connectivity index (χ1v) is 10.7. The number of anilines is 1. The van der Waals surface area contributed by atoms with Crippen molar-refractivity contribution in [1.82, 2.24) is 19.4 Å². The van der Waals surface area contributed by atoms with Gasteiger partial charge in [-0.05, 0) is 51.6 Å². The van der Waals surface area contributed by atoms with Crippen molar-refractivity contribution in [3.05, 3.63) is 70.9 Å². The van der Waals surface area contributed by atoms with Gasteiger partial charge in [-0.2, -0.15) is 18.4 Å². The maximum Gasteiger partial charge on any atom is 0.417 e. The van der Waals surface area contributed by atoms with Crippen molar-refractivity contribution in [1.29, 1.82) is 5.26 Å². The van der Waals surface area contributed by atoms with Crippen molar-refractivity contribution in [3.63, 3.8) is 0 Å². The van der Waals surface area contributed by atoms with E-state index in [-0.39, 0.29) is 17.6 Å². The summed E-state index contributed by atoms with van der Waals surface area (Å²) in [5.74, 6) is 0.794. The Kier molecular flexibility index (Phi) is 6.13. The summed E-state index contributed by atoms with van der Waals surface area (Å²) >= 11 is 0. The predicted octanol–water partition coefficient (Wildman–Crippen LogP) is 4.87. The van der Waals surface area contributed by atoms with Crippen molar-refractivity contribution < 1.29 is 13.2 Å². The van der Waals surface area contributed by atoms with Crippen LogP contribution < -0.4 is 4.90 Å². The summed E-state index contributed by atoms with van der Waals surface area (Å²) in [5.41, 5.74) is 0.918. The molecule has 9 heteroatoms. The van der Waals surface area contributed by atoms with Crippen LogP contribution in [0.3, 0.4) is 0 Å². The zero-order valence-corrected chi connectivity index (χ0v) is 18.8. The van der Waals surface area contributed by atoms with Gasteiger partial charge in [-0.15, -0.1) is 0 Å². The number of hydrogen-bond donors (Lipinski definition) is 0. The number of imidazole rings is 1. The van der Waals surface area contributed by atoms with Crippen LogP contribution in [-0.2, 0) is 12.7 Å². The quantitative estimate of drug-likeness (QED) is 0.551. The Morgan fingerprint density at radius 2 is 2.00 bits per heavy atom. The summed E-state index contributed by atoms with van der Waals surface area (Å²) in [5, 5.41) is 9.64. The molecule has 1 aliphatic heterocycles.